The molecule has 1 amide bonds. The summed E-state index contributed by atoms with van der Waals surface area (Å²) in [6, 6.07) is 0. The van der Waals surface area contributed by atoms with Crippen LogP contribution in [-0.4, -0.2) is 73.6 Å². The lowest BCUT2D eigenvalue weighted by Crippen LogP contribution is -2.35. The van der Waals surface area contributed by atoms with E-state index in [0.717, 1.165) is 25.7 Å². The van der Waals surface area contributed by atoms with Gasteiger partial charge in [-0.25, -0.2) is 15.0 Å². The standard InChI is InChI=1S/C21H30N6O5/c1-3-4-5-6-7-8-14(29)24-18-12-9-27(21-17(31)16(30)13(10-28)32-21)20-15(12)19(22-11-23-20)26(2)25-18/h9,11,13,16-17,21,28,30-31H,3-8,10H2,1-2H3,(H,24,25,29)/t13-,16-,17-,21-/m1/s1. The number of aromatic nitrogens is 3. The van der Waals surface area contributed by atoms with E-state index in [1.807, 2.05) is 0 Å². The van der Waals surface area contributed by atoms with Crippen molar-refractivity contribution in [1.29, 1.82) is 0 Å². The van der Waals surface area contributed by atoms with Crippen LogP contribution in [0.25, 0.3) is 11.0 Å². The maximum atomic E-state index is 12.5. The lowest BCUT2D eigenvalue weighted by molar-refractivity contribution is -0.119. The molecule has 0 saturated carbocycles. The summed E-state index contributed by atoms with van der Waals surface area (Å²) in [4.78, 5) is 21.2. The van der Waals surface area contributed by atoms with Gasteiger partial charge in [0.25, 0.3) is 0 Å². The number of unbranched alkanes of at least 4 members (excludes halogenated alkanes) is 4. The molecule has 0 aromatic carbocycles. The Hall–Kier alpha value is -2.60. The second kappa shape index (κ2) is 9.49. The average molecular weight is 447 g/mol. The summed E-state index contributed by atoms with van der Waals surface area (Å²) in [5, 5.41) is 39.7. The monoisotopic (exact) mass is 446 g/mol. The number of ether oxygens (including phenoxy) is 1. The van der Waals surface area contributed by atoms with E-state index >= 15 is 0 Å². The smallest absolute Gasteiger partial charge is 0.225 e. The van der Waals surface area contributed by atoms with Crippen LogP contribution in [0.5, 0.6) is 0 Å². The molecule has 4 heterocycles. The van der Waals surface area contributed by atoms with Crippen LogP contribution >= 0.6 is 0 Å². The van der Waals surface area contributed by atoms with Crippen molar-refractivity contribution in [2.75, 3.05) is 18.7 Å². The van der Waals surface area contributed by atoms with Gasteiger partial charge in [0.05, 0.1) is 17.6 Å². The van der Waals surface area contributed by atoms with Gasteiger partial charge in [-0.2, -0.15) is 5.10 Å². The quantitative estimate of drug-likeness (QED) is 0.432. The number of nitrogens with zero attached hydrogens (tertiary/aromatic N) is 5. The van der Waals surface area contributed by atoms with E-state index in [0.29, 0.717) is 34.7 Å². The summed E-state index contributed by atoms with van der Waals surface area (Å²) >= 11 is 0. The highest BCUT2D eigenvalue weighted by molar-refractivity contribution is 6.18. The van der Waals surface area contributed by atoms with Crippen molar-refractivity contribution < 1.29 is 24.9 Å². The molecule has 0 unspecified atom stereocenters. The molecule has 174 valence electrons. The number of hydrogen-bond acceptors (Lipinski definition) is 9. The number of hydrazone groups is 1. The first-order valence-electron chi connectivity index (χ1n) is 11.1. The van der Waals surface area contributed by atoms with Crippen molar-refractivity contribution in [2.24, 2.45) is 5.10 Å². The first-order valence-corrected chi connectivity index (χ1v) is 11.1. The Balaban J connectivity index is 1.60. The van der Waals surface area contributed by atoms with E-state index in [1.54, 1.807) is 22.8 Å². The minimum Gasteiger partial charge on any atom is -0.394 e. The number of rotatable bonds is 8. The Morgan fingerprint density at radius 2 is 1.97 bits per heavy atom. The topological polar surface area (TPSA) is 145 Å². The Kier molecular flexibility index (Phi) is 6.70. The molecule has 0 aliphatic carbocycles. The summed E-state index contributed by atoms with van der Waals surface area (Å²) < 4.78 is 7.28. The number of carbonyl (C=O) groups excluding carboxylic acids is 1. The third-order valence-corrected chi connectivity index (χ3v) is 5.96. The van der Waals surface area contributed by atoms with Crippen LogP contribution in [0.15, 0.2) is 17.6 Å². The number of amidine groups is 1. The zero-order chi connectivity index (χ0) is 22.8. The second-order valence-electron chi connectivity index (χ2n) is 8.26. The highest BCUT2D eigenvalue weighted by atomic mass is 16.6. The highest BCUT2D eigenvalue weighted by Gasteiger charge is 2.44. The van der Waals surface area contributed by atoms with Gasteiger partial charge in [-0.15, -0.1) is 0 Å². The number of hydrogen-bond donors (Lipinski definition) is 4. The van der Waals surface area contributed by atoms with Crippen molar-refractivity contribution in [3.63, 3.8) is 0 Å². The molecule has 0 spiro atoms. The normalized spacial score (nSPS) is 24.8. The molecule has 2 aromatic heterocycles. The largest absolute Gasteiger partial charge is 0.394 e. The van der Waals surface area contributed by atoms with Gasteiger partial charge in [-0.1, -0.05) is 32.6 Å². The fourth-order valence-electron chi connectivity index (χ4n) is 4.22. The SMILES string of the molecule is CCCCCCCC(=O)NC1=NN(C)c2ncnc3c2c1cn3[C@@H]1O[C@H](CO)[C@@H](O)[C@H]1O. The number of anilines is 1. The van der Waals surface area contributed by atoms with E-state index < -0.39 is 31.1 Å². The van der Waals surface area contributed by atoms with Crippen molar-refractivity contribution >= 4 is 28.6 Å². The molecule has 4 atom stereocenters. The van der Waals surface area contributed by atoms with E-state index in [4.69, 9.17) is 4.74 Å². The maximum Gasteiger partial charge on any atom is 0.225 e. The molecule has 2 aromatic rings. The molecule has 4 rings (SSSR count). The second-order valence-corrected chi connectivity index (χ2v) is 8.26. The van der Waals surface area contributed by atoms with Crippen LogP contribution in [0.3, 0.4) is 0 Å². The molecule has 4 N–H and O–H groups in total. The predicted molar refractivity (Wildman–Crippen MR) is 117 cm³/mol. The molecule has 2 aliphatic heterocycles. The molecular formula is C21H30N6O5. The molecule has 11 heteroatoms. The molecule has 11 nitrogen and oxygen atoms in total. The number of aliphatic hydroxyl groups is 3. The molecule has 0 radical (unpaired) electrons. The first-order chi connectivity index (χ1) is 15.5. The zero-order valence-corrected chi connectivity index (χ0v) is 18.3. The first kappa shape index (κ1) is 22.6. The van der Waals surface area contributed by atoms with Crippen molar-refractivity contribution in [1.82, 2.24) is 19.9 Å². The van der Waals surface area contributed by atoms with Gasteiger partial charge < -0.3 is 29.9 Å². The van der Waals surface area contributed by atoms with Crippen LogP contribution in [-0.2, 0) is 9.53 Å². The average Bonchev–Trinajstić information content (AvgIpc) is 3.30. The minimum absolute atomic E-state index is 0.122. The Labute approximate surface area is 185 Å². The molecule has 0 bridgehead atoms. The van der Waals surface area contributed by atoms with Crippen LogP contribution < -0.4 is 10.3 Å². The van der Waals surface area contributed by atoms with E-state index in [-0.39, 0.29) is 5.91 Å². The van der Waals surface area contributed by atoms with Gasteiger partial charge in [0.2, 0.25) is 5.91 Å². The van der Waals surface area contributed by atoms with Crippen LogP contribution in [0.2, 0.25) is 0 Å². The van der Waals surface area contributed by atoms with E-state index in [2.05, 4.69) is 27.3 Å². The molecule has 1 saturated heterocycles. The lowest BCUT2D eigenvalue weighted by atomic mass is 10.1. The van der Waals surface area contributed by atoms with E-state index in [9.17, 15) is 20.1 Å². The van der Waals surface area contributed by atoms with Gasteiger partial charge in [0.15, 0.2) is 17.9 Å². The summed E-state index contributed by atoms with van der Waals surface area (Å²) in [5.74, 6) is 0.791. The molecule has 32 heavy (non-hydrogen) atoms. The summed E-state index contributed by atoms with van der Waals surface area (Å²) in [5.41, 5.74) is 1.07. The predicted octanol–water partition coefficient (Wildman–Crippen LogP) is 0.631. The molecular weight excluding hydrogens is 416 g/mol. The fourth-order valence-corrected chi connectivity index (χ4v) is 4.22. The van der Waals surface area contributed by atoms with Crippen LogP contribution in [0.1, 0.15) is 57.2 Å². The summed E-state index contributed by atoms with van der Waals surface area (Å²) in [6.07, 6.45) is 4.36. The Bertz CT molecular complexity index is 1010. The fraction of sp³-hybridized carbons (Fsp3) is 0.619. The van der Waals surface area contributed by atoms with Crippen LogP contribution in [0, 0.1) is 0 Å². The summed E-state index contributed by atoms with van der Waals surface area (Å²) in [7, 11) is 1.73. The molecule has 2 aliphatic rings. The Morgan fingerprint density at radius 1 is 1.19 bits per heavy atom. The van der Waals surface area contributed by atoms with Gasteiger partial charge in [0, 0.05) is 19.7 Å². The van der Waals surface area contributed by atoms with Crippen LogP contribution in [0.4, 0.5) is 5.82 Å². The van der Waals surface area contributed by atoms with E-state index in [1.165, 1.54) is 12.7 Å². The Morgan fingerprint density at radius 3 is 2.69 bits per heavy atom. The van der Waals surface area contributed by atoms with Crippen molar-refractivity contribution in [3.8, 4) is 0 Å². The third kappa shape index (κ3) is 4.08. The van der Waals surface area contributed by atoms with Gasteiger partial charge in [0.1, 0.15) is 30.3 Å². The summed E-state index contributed by atoms with van der Waals surface area (Å²) in [6.45, 7) is 1.73. The zero-order valence-electron chi connectivity index (χ0n) is 18.3. The number of amides is 1. The van der Waals surface area contributed by atoms with Gasteiger partial charge >= 0.3 is 0 Å². The highest BCUT2D eigenvalue weighted by Crippen LogP contribution is 2.37. The third-order valence-electron chi connectivity index (χ3n) is 5.96. The minimum atomic E-state index is -1.26. The van der Waals surface area contributed by atoms with Crippen molar-refractivity contribution in [3.05, 3.63) is 18.1 Å². The number of aliphatic hydroxyl groups excluding tert-OH is 3. The van der Waals surface area contributed by atoms with Gasteiger partial charge in [-0.05, 0) is 6.42 Å². The van der Waals surface area contributed by atoms with Crippen molar-refractivity contribution in [2.45, 2.75) is 70.0 Å². The number of carbonyl (C=O) groups is 1. The molecule has 1 fully saturated rings. The van der Waals surface area contributed by atoms with Gasteiger partial charge in [-0.3, -0.25) is 4.79 Å². The lowest BCUT2D eigenvalue weighted by Gasteiger charge is -2.21. The number of nitrogens with one attached hydrogen (secondary N) is 1. The maximum absolute atomic E-state index is 12.5.